The van der Waals surface area contributed by atoms with E-state index in [9.17, 15) is 19.2 Å². The van der Waals surface area contributed by atoms with E-state index in [-0.39, 0.29) is 31.9 Å². The summed E-state index contributed by atoms with van der Waals surface area (Å²) in [5.74, 6) is -1.61. The lowest BCUT2D eigenvalue weighted by molar-refractivity contribution is -0.138. The van der Waals surface area contributed by atoms with Gasteiger partial charge in [0.15, 0.2) is 0 Å². The Kier molecular flexibility index (Phi) is 7.63. The fraction of sp³-hybridized carbons (Fsp3) is 0.231. The van der Waals surface area contributed by atoms with Gasteiger partial charge >= 0.3 is 5.97 Å². The van der Waals surface area contributed by atoms with Gasteiger partial charge in [0.05, 0.1) is 37.2 Å². The van der Waals surface area contributed by atoms with Gasteiger partial charge in [-0.1, -0.05) is 29.8 Å². The zero-order valence-corrected chi connectivity index (χ0v) is 20.6. The monoisotopic (exact) mass is 510 g/mol. The van der Waals surface area contributed by atoms with Crippen molar-refractivity contribution in [1.82, 2.24) is 4.90 Å². The number of amides is 3. The van der Waals surface area contributed by atoms with E-state index in [1.807, 2.05) is 17.5 Å². The fourth-order valence-corrected chi connectivity index (χ4v) is 4.74. The van der Waals surface area contributed by atoms with Crippen molar-refractivity contribution in [2.24, 2.45) is 0 Å². The smallest absolute Gasteiger partial charge is 0.338 e. The van der Waals surface area contributed by atoms with Crippen molar-refractivity contribution in [1.29, 1.82) is 0 Å². The second-order valence-electron chi connectivity index (χ2n) is 7.96. The van der Waals surface area contributed by atoms with Crippen molar-refractivity contribution < 1.29 is 23.9 Å². The van der Waals surface area contributed by atoms with Crippen molar-refractivity contribution in [3.63, 3.8) is 0 Å². The highest BCUT2D eigenvalue weighted by atomic mass is 35.5. The van der Waals surface area contributed by atoms with E-state index >= 15 is 0 Å². The highest BCUT2D eigenvalue weighted by Crippen LogP contribution is 2.28. The van der Waals surface area contributed by atoms with Gasteiger partial charge in [-0.2, -0.15) is 0 Å². The molecule has 0 bridgehead atoms. The van der Waals surface area contributed by atoms with Crippen molar-refractivity contribution in [3.8, 4) is 0 Å². The predicted molar refractivity (Wildman–Crippen MR) is 133 cm³/mol. The molecule has 0 aliphatic carbocycles. The molecule has 1 aliphatic heterocycles. The summed E-state index contributed by atoms with van der Waals surface area (Å²) in [5, 5.41) is 2.47. The summed E-state index contributed by atoms with van der Waals surface area (Å²) in [6.45, 7) is 2.18. The Morgan fingerprint density at radius 1 is 1.09 bits per heavy atom. The van der Waals surface area contributed by atoms with Gasteiger partial charge in [0.2, 0.25) is 11.8 Å². The zero-order chi connectivity index (χ0) is 24.9. The Labute approximate surface area is 211 Å². The van der Waals surface area contributed by atoms with Crippen LogP contribution in [-0.4, -0.2) is 41.2 Å². The minimum Gasteiger partial charge on any atom is -0.462 e. The van der Waals surface area contributed by atoms with Crippen LogP contribution >= 0.6 is 22.9 Å². The number of hydrogen-bond donors (Lipinski definition) is 0. The molecule has 1 atom stereocenters. The van der Waals surface area contributed by atoms with E-state index in [2.05, 4.69) is 0 Å². The van der Waals surface area contributed by atoms with E-state index in [0.29, 0.717) is 16.3 Å². The Bertz CT molecular complexity index is 1230. The molecule has 0 spiro atoms. The topological polar surface area (TPSA) is 84.0 Å². The molecule has 2 heterocycles. The Morgan fingerprint density at radius 3 is 2.43 bits per heavy atom. The zero-order valence-electron chi connectivity index (χ0n) is 19.0. The molecule has 1 aliphatic rings. The third kappa shape index (κ3) is 5.61. The average Bonchev–Trinajstić information content (AvgIpc) is 3.46. The molecule has 0 radical (unpaired) electrons. The molecular formula is C26H23ClN2O5S. The summed E-state index contributed by atoms with van der Waals surface area (Å²) in [5.41, 5.74) is 1.43. The maximum absolute atomic E-state index is 13.4. The molecule has 3 amide bonds. The SMILES string of the molecule is CCOC(=O)c1ccc(N2C(=O)CC(N(Cc3cccs3)C(=O)Cc3ccc(Cl)cc3)C2=O)cc1. The van der Waals surface area contributed by atoms with Crippen LogP contribution in [0.15, 0.2) is 66.0 Å². The van der Waals surface area contributed by atoms with Gasteiger partial charge in [-0.3, -0.25) is 14.4 Å². The first-order valence-corrected chi connectivity index (χ1v) is 12.3. The number of benzene rings is 2. The van der Waals surface area contributed by atoms with Crippen LogP contribution in [0.2, 0.25) is 5.02 Å². The van der Waals surface area contributed by atoms with Crippen LogP contribution in [0.4, 0.5) is 5.69 Å². The second kappa shape index (κ2) is 10.8. The lowest BCUT2D eigenvalue weighted by Gasteiger charge is -2.27. The molecule has 0 N–H and O–H groups in total. The summed E-state index contributed by atoms with van der Waals surface area (Å²) in [4.78, 5) is 55.1. The molecule has 180 valence electrons. The summed E-state index contributed by atoms with van der Waals surface area (Å²) in [6.07, 6.45) is -0.0368. The van der Waals surface area contributed by atoms with Gasteiger partial charge in [0, 0.05) is 9.90 Å². The number of nitrogens with zero attached hydrogens (tertiary/aromatic N) is 2. The quantitative estimate of drug-likeness (QED) is 0.329. The second-order valence-corrected chi connectivity index (χ2v) is 9.43. The van der Waals surface area contributed by atoms with E-state index < -0.39 is 23.8 Å². The fourth-order valence-electron chi connectivity index (χ4n) is 3.91. The molecule has 4 rings (SSSR count). The van der Waals surface area contributed by atoms with Gasteiger partial charge in [-0.05, 0) is 60.3 Å². The Balaban J connectivity index is 1.57. The number of carbonyl (C=O) groups is 4. The molecule has 1 fully saturated rings. The van der Waals surface area contributed by atoms with Crippen LogP contribution in [0.1, 0.15) is 34.1 Å². The van der Waals surface area contributed by atoms with Gasteiger partial charge in [0.25, 0.3) is 5.91 Å². The van der Waals surface area contributed by atoms with Crippen LogP contribution in [0.3, 0.4) is 0 Å². The molecule has 2 aromatic carbocycles. The number of imide groups is 1. The number of hydrogen-bond acceptors (Lipinski definition) is 6. The van der Waals surface area contributed by atoms with Gasteiger partial charge in [0.1, 0.15) is 6.04 Å². The molecule has 3 aromatic rings. The molecule has 1 aromatic heterocycles. The number of anilines is 1. The Hall–Kier alpha value is -3.49. The summed E-state index contributed by atoms with van der Waals surface area (Å²) in [6, 6.07) is 15.9. The molecule has 1 saturated heterocycles. The first-order valence-electron chi connectivity index (χ1n) is 11.1. The standard InChI is InChI=1S/C26H23ClN2O5S/c1-2-34-26(33)18-7-11-20(12-8-18)29-24(31)15-22(25(29)32)28(16-21-4-3-13-35-21)23(30)14-17-5-9-19(27)10-6-17/h3-13,22H,2,14-16H2,1H3. The minimum atomic E-state index is -0.922. The molecule has 0 saturated carbocycles. The summed E-state index contributed by atoms with van der Waals surface area (Å²) in [7, 11) is 0. The largest absolute Gasteiger partial charge is 0.462 e. The Morgan fingerprint density at radius 2 is 1.80 bits per heavy atom. The highest BCUT2D eigenvalue weighted by molar-refractivity contribution is 7.09. The highest BCUT2D eigenvalue weighted by Gasteiger charge is 2.44. The van der Waals surface area contributed by atoms with E-state index in [0.717, 1.165) is 15.3 Å². The van der Waals surface area contributed by atoms with Crippen molar-refractivity contribution in [2.45, 2.75) is 32.4 Å². The lowest BCUT2D eigenvalue weighted by atomic mass is 10.1. The normalized spacial score (nSPS) is 15.4. The van der Waals surface area contributed by atoms with Crippen LogP contribution in [0, 0.1) is 0 Å². The lowest BCUT2D eigenvalue weighted by Crippen LogP contribution is -2.45. The van der Waals surface area contributed by atoms with Gasteiger partial charge in [-0.15, -0.1) is 11.3 Å². The average molecular weight is 511 g/mol. The van der Waals surface area contributed by atoms with Crippen LogP contribution in [-0.2, 0) is 32.1 Å². The number of esters is 1. The number of carbonyl (C=O) groups excluding carboxylic acids is 4. The third-order valence-electron chi connectivity index (χ3n) is 5.63. The third-order valence-corrected chi connectivity index (χ3v) is 6.74. The first kappa shape index (κ1) is 24.6. The maximum atomic E-state index is 13.4. The number of thiophene rings is 1. The van der Waals surface area contributed by atoms with Crippen LogP contribution in [0.25, 0.3) is 0 Å². The van der Waals surface area contributed by atoms with Gasteiger partial charge in [-0.25, -0.2) is 9.69 Å². The van der Waals surface area contributed by atoms with E-state index in [4.69, 9.17) is 16.3 Å². The van der Waals surface area contributed by atoms with Gasteiger partial charge < -0.3 is 9.64 Å². The van der Waals surface area contributed by atoms with Crippen molar-refractivity contribution >= 4 is 52.3 Å². The number of rotatable bonds is 8. The molecule has 7 nitrogen and oxygen atoms in total. The van der Waals surface area contributed by atoms with Crippen LogP contribution < -0.4 is 4.90 Å². The van der Waals surface area contributed by atoms with Crippen LogP contribution in [0.5, 0.6) is 0 Å². The molecule has 1 unspecified atom stereocenters. The summed E-state index contributed by atoms with van der Waals surface area (Å²) < 4.78 is 4.98. The van der Waals surface area contributed by atoms with Crippen molar-refractivity contribution in [2.75, 3.05) is 11.5 Å². The predicted octanol–water partition coefficient (Wildman–Crippen LogP) is 4.48. The molecular weight excluding hydrogens is 488 g/mol. The number of ether oxygens (including phenoxy) is 1. The number of halogens is 1. The van der Waals surface area contributed by atoms with E-state index in [1.54, 1.807) is 31.2 Å². The maximum Gasteiger partial charge on any atom is 0.338 e. The molecule has 35 heavy (non-hydrogen) atoms. The minimum absolute atomic E-state index is 0.0781. The van der Waals surface area contributed by atoms with E-state index in [1.165, 1.54) is 40.5 Å². The summed E-state index contributed by atoms with van der Waals surface area (Å²) >= 11 is 7.43. The molecule has 9 heteroatoms. The van der Waals surface area contributed by atoms with Crippen molar-refractivity contribution in [3.05, 3.63) is 87.1 Å². The first-order chi connectivity index (χ1) is 16.9.